The largest absolute Gasteiger partial charge is 0.395 e. The number of hydrogen-bond donors (Lipinski definition) is 2. The molecule has 2 aromatic rings. The van der Waals surface area contributed by atoms with Crippen molar-refractivity contribution in [3.63, 3.8) is 0 Å². The fourth-order valence-corrected chi connectivity index (χ4v) is 1.95. The molecule has 0 saturated heterocycles. The quantitative estimate of drug-likeness (QED) is 0.832. The van der Waals surface area contributed by atoms with E-state index in [9.17, 15) is 5.11 Å². The summed E-state index contributed by atoms with van der Waals surface area (Å²) in [5.41, 5.74) is 3.38. The molecule has 0 saturated carbocycles. The number of pyridine rings is 1. The van der Waals surface area contributed by atoms with E-state index in [4.69, 9.17) is 0 Å². The number of benzene rings is 1. The Kier molecular flexibility index (Phi) is 5.07. The number of nitrogens with zero attached hydrogens (tertiary/aromatic N) is 1. The molecule has 0 spiro atoms. The highest BCUT2D eigenvalue weighted by atomic mass is 16.3. The number of aliphatic hydroxyl groups excluding tert-OH is 1. The number of aryl methyl sites for hydroxylation is 1. The van der Waals surface area contributed by atoms with Crippen LogP contribution < -0.4 is 5.32 Å². The van der Waals surface area contributed by atoms with E-state index in [0.717, 1.165) is 17.7 Å². The first-order chi connectivity index (χ1) is 9.28. The van der Waals surface area contributed by atoms with Gasteiger partial charge in [-0.15, -0.1) is 0 Å². The van der Waals surface area contributed by atoms with Crippen molar-refractivity contribution in [2.45, 2.75) is 25.9 Å². The van der Waals surface area contributed by atoms with Crippen LogP contribution in [0.4, 0.5) is 0 Å². The van der Waals surface area contributed by atoms with Crippen molar-refractivity contribution in [3.05, 3.63) is 65.5 Å². The fourth-order valence-electron chi connectivity index (χ4n) is 1.95. The van der Waals surface area contributed by atoms with E-state index in [1.165, 1.54) is 5.56 Å². The van der Waals surface area contributed by atoms with Crippen molar-refractivity contribution < 1.29 is 5.11 Å². The van der Waals surface area contributed by atoms with Gasteiger partial charge in [0.25, 0.3) is 0 Å². The molecule has 2 rings (SSSR count). The topological polar surface area (TPSA) is 45.1 Å². The lowest BCUT2D eigenvalue weighted by molar-refractivity contribution is 0.240. The second-order valence-electron chi connectivity index (χ2n) is 4.78. The molecule has 3 nitrogen and oxygen atoms in total. The summed E-state index contributed by atoms with van der Waals surface area (Å²) in [6.45, 7) is 2.83. The summed E-state index contributed by atoms with van der Waals surface area (Å²) in [6.07, 6.45) is 2.69. The Morgan fingerprint density at radius 2 is 1.95 bits per heavy atom. The number of hydrogen-bond acceptors (Lipinski definition) is 3. The Hall–Kier alpha value is -1.71. The molecule has 19 heavy (non-hydrogen) atoms. The van der Waals surface area contributed by atoms with Gasteiger partial charge in [0.05, 0.1) is 12.3 Å². The third-order valence-electron chi connectivity index (χ3n) is 3.09. The van der Waals surface area contributed by atoms with Crippen LogP contribution in [-0.2, 0) is 13.0 Å². The second-order valence-corrected chi connectivity index (χ2v) is 4.78. The predicted molar refractivity (Wildman–Crippen MR) is 76.8 cm³/mol. The van der Waals surface area contributed by atoms with E-state index in [0.29, 0.717) is 6.54 Å². The molecule has 0 unspecified atom stereocenters. The average molecular weight is 256 g/mol. The molecule has 0 fully saturated rings. The van der Waals surface area contributed by atoms with Crippen LogP contribution in [0.15, 0.2) is 48.7 Å². The Morgan fingerprint density at radius 3 is 2.58 bits per heavy atom. The average Bonchev–Trinajstić information content (AvgIpc) is 2.46. The summed E-state index contributed by atoms with van der Waals surface area (Å²) in [5, 5.41) is 12.8. The van der Waals surface area contributed by atoms with Crippen LogP contribution in [-0.4, -0.2) is 22.7 Å². The molecular formula is C16H20N2O. The van der Waals surface area contributed by atoms with Crippen molar-refractivity contribution in [3.8, 4) is 0 Å². The molecule has 0 radical (unpaired) electrons. The minimum Gasteiger partial charge on any atom is -0.395 e. The van der Waals surface area contributed by atoms with Gasteiger partial charge >= 0.3 is 0 Å². The third-order valence-corrected chi connectivity index (χ3v) is 3.09. The molecule has 0 bridgehead atoms. The van der Waals surface area contributed by atoms with Crippen LogP contribution in [0.2, 0.25) is 0 Å². The molecule has 1 atom stereocenters. The summed E-state index contributed by atoms with van der Waals surface area (Å²) in [4.78, 5) is 4.35. The highest BCUT2D eigenvalue weighted by molar-refractivity contribution is 5.16. The van der Waals surface area contributed by atoms with Crippen LogP contribution in [0.5, 0.6) is 0 Å². The first-order valence-corrected chi connectivity index (χ1v) is 6.57. The van der Waals surface area contributed by atoms with Gasteiger partial charge < -0.3 is 10.4 Å². The van der Waals surface area contributed by atoms with Gasteiger partial charge in [0.15, 0.2) is 0 Å². The highest BCUT2D eigenvalue weighted by Gasteiger charge is 2.08. The summed E-state index contributed by atoms with van der Waals surface area (Å²) >= 11 is 0. The zero-order chi connectivity index (χ0) is 13.5. The zero-order valence-electron chi connectivity index (χ0n) is 11.2. The van der Waals surface area contributed by atoms with Crippen molar-refractivity contribution in [2.24, 2.45) is 0 Å². The molecule has 1 aromatic carbocycles. The molecule has 0 aliphatic heterocycles. The van der Waals surface area contributed by atoms with Gasteiger partial charge in [-0.3, -0.25) is 4.98 Å². The summed E-state index contributed by atoms with van der Waals surface area (Å²) in [5.74, 6) is 0. The molecule has 3 heteroatoms. The van der Waals surface area contributed by atoms with Crippen LogP contribution in [0.1, 0.15) is 16.8 Å². The lowest BCUT2D eigenvalue weighted by Gasteiger charge is -2.16. The van der Waals surface area contributed by atoms with Crippen molar-refractivity contribution >= 4 is 0 Å². The van der Waals surface area contributed by atoms with Gasteiger partial charge in [-0.2, -0.15) is 0 Å². The predicted octanol–water partition coefficient (Wildman–Crippen LogP) is 2.08. The maximum atomic E-state index is 9.43. The van der Waals surface area contributed by atoms with Crippen LogP contribution in [0.25, 0.3) is 0 Å². The van der Waals surface area contributed by atoms with Gasteiger partial charge in [0, 0.05) is 18.8 Å². The Bertz CT molecular complexity index is 482. The number of nitrogens with one attached hydrogen (secondary N) is 1. The molecule has 100 valence electrons. The normalized spacial score (nSPS) is 12.3. The lowest BCUT2D eigenvalue weighted by Crippen LogP contribution is -2.34. The molecule has 1 aromatic heterocycles. The number of rotatable bonds is 6. The minimum atomic E-state index is 0.0607. The molecule has 0 amide bonds. The number of aromatic nitrogens is 1. The van der Waals surface area contributed by atoms with Crippen molar-refractivity contribution in [1.82, 2.24) is 10.3 Å². The summed E-state index contributed by atoms with van der Waals surface area (Å²) in [7, 11) is 0. The van der Waals surface area contributed by atoms with E-state index in [1.54, 1.807) is 0 Å². The summed E-state index contributed by atoms with van der Waals surface area (Å²) < 4.78 is 0. The molecule has 0 aliphatic carbocycles. The van der Waals surface area contributed by atoms with Crippen LogP contribution in [0, 0.1) is 6.92 Å². The van der Waals surface area contributed by atoms with E-state index in [2.05, 4.69) is 28.5 Å². The number of aliphatic hydroxyl groups is 1. The molecule has 0 aliphatic rings. The van der Waals surface area contributed by atoms with Gasteiger partial charge in [-0.1, -0.05) is 36.4 Å². The van der Waals surface area contributed by atoms with Gasteiger partial charge in [0.2, 0.25) is 0 Å². The lowest BCUT2D eigenvalue weighted by atomic mass is 10.1. The first kappa shape index (κ1) is 13.7. The monoisotopic (exact) mass is 256 g/mol. The zero-order valence-corrected chi connectivity index (χ0v) is 11.2. The van der Waals surface area contributed by atoms with Crippen molar-refractivity contribution in [1.29, 1.82) is 0 Å². The van der Waals surface area contributed by atoms with E-state index >= 15 is 0 Å². The van der Waals surface area contributed by atoms with Crippen LogP contribution in [0.3, 0.4) is 0 Å². The Morgan fingerprint density at radius 1 is 1.16 bits per heavy atom. The van der Waals surface area contributed by atoms with Gasteiger partial charge in [-0.25, -0.2) is 0 Å². The van der Waals surface area contributed by atoms with Gasteiger partial charge in [0.1, 0.15) is 0 Å². The molecular weight excluding hydrogens is 236 g/mol. The first-order valence-electron chi connectivity index (χ1n) is 6.57. The standard InChI is InChI=1S/C16H20N2O/c1-13-7-8-15(17-10-13)11-18-16(12-19)9-14-5-3-2-4-6-14/h2-8,10,16,18-19H,9,11-12H2,1H3/t16-/m0/s1. The third kappa shape index (κ3) is 4.47. The maximum absolute atomic E-state index is 9.43. The van der Waals surface area contributed by atoms with E-state index in [-0.39, 0.29) is 12.6 Å². The Balaban J connectivity index is 1.87. The van der Waals surface area contributed by atoms with Gasteiger partial charge in [-0.05, 0) is 30.5 Å². The SMILES string of the molecule is Cc1ccc(CN[C@H](CO)Cc2ccccc2)nc1. The second kappa shape index (κ2) is 7.02. The molecule has 2 N–H and O–H groups in total. The highest BCUT2D eigenvalue weighted by Crippen LogP contribution is 2.04. The Labute approximate surface area is 114 Å². The summed E-state index contributed by atoms with van der Waals surface area (Å²) in [6, 6.07) is 14.3. The van der Waals surface area contributed by atoms with E-state index < -0.39 is 0 Å². The minimum absolute atomic E-state index is 0.0607. The molecule has 1 heterocycles. The van der Waals surface area contributed by atoms with Crippen molar-refractivity contribution in [2.75, 3.05) is 6.61 Å². The van der Waals surface area contributed by atoms with Crippen LogP contribution >= 0.6 is 0 Å². The van der Waals surface area contributed by atoms with E-state index in [1.807, 2.05) is 37.4 Å². The maximum Gasteiger partial charge on any atom is 0.0588 e. The smallest absolute Gasteiger partial charge is 0.0588 e. The fraction of sp³-hybridized carbons (Fsp3) is 0.312.